The number of nitrogens with zero attached hydrogens (tertiary/aromatic N) is 2. The van der Waals surface area contributed by atoms with Crippen LogP contribution in [0.25, 0.3) is 0 Å². The summed E-state index contributed by atoms with van der Waals surface area (Å²) in [7, 11) is 0. The van der Waals surface area contributed by atoms with Crippen LogP contribution < -0.4 is 4.74 Å². The standard InChI is InChI=1S/C21H30N2O2/c1-16(14-18-8-4-3-5-9-18)12-13-19-10-6-7-11-20(19)24-15-21-22-17(2)25-23-21/h6-7,10-11,16,18H,3-5,8-9,12-15H2,1-2H3. The van der Waals surface area contributed by atoms with Gasteiger partial charge in [0, 0.05) is 6.92 Å². The molecular weight excluding hydrogens is 312 g/mol. The van der Waals surface area contributed by atoms with Crippen LogP contribution in [0.1, 0.15) is 69.1 Å². The molecule has 4 heteroatoms. The van der Waals surface area contributed by atoms with Gasteiger partial charge in [-0.1, -0.05) is 62.4 Å². The second-order valence-electron chi connectivity index (χ2n) is 7.51. The van der Waals surface area contributed by atoms with Gasteiger partial charge in [0.05, 0.1) is 0 Å². The molecule has 1 atom stereocenters. The van der Waals surface area contributed by atoms with Crippen LogP contribution in [0.2, 0.25) is 0 Å². The first-order valence-corrected chi connectivity index (χ1v) is 9.70. The fraction of sp³-hybridized carbons (Fsp3) is 0.619. The first kappa shape index (κ1) is 18.0. The van der Waals surface area contributed by atoms with Crippen LogP contribution in [0, 0.1) is 18.8 Å². The van der Waals surface area contributed by atoms with Crippen LogP contribution in [0.3, 0.4) is 0 Å². The van der Waals surface area contributed by atoms with Gasteiger partial charge in [-0.25, -0.2) is 0 Å². The van der Waals surface area contributed by atoms with Crippen molar-refractivity contribution in [1.29, 1.82) is 0 Å². The maximum absolute atomic E-state index is 5.93. The summed E-state index contributed by atoms with van der Waals surface area (Å²) in [5.74, 6) is 3.84. The number of aryl methyl sites for hydroxylation is 2. The highest BCUT2D eigenvalue weighted by atomic mass is 16.5. The van der Waals surface area contributed by atoms with Crippen LogP contribution in [0.5, 0.6) is 5.75 Å². The molecule has 1 saturated carbocycles. The molecule has 0 spiro atoms. The highest BCUT2D eigenvalue weighted by Gasteiger charge is 2.17. The average Bonchev–Trinajstić information content (AvgIpc) is 3.05. The van der Waals surface area contributed by atoms with Crippen molar-refractivity contribution in [2.24, 2.45) is 11.8 Å². The molecule has 0 N–H and O–H groups in total. The lowest BCUT2D eigenvalue weighted by molar-refractivity contribution is 0.278. The van der Waals surface area contributed by atoms with Gasteiger partial charge in [-0.05, 0) is 42.7 Å². The average molecular weight is 342 g/mol. The Balaban J connectivity index is 1.49. The minimum atomic E-state index is 0.353. The van der Waals surface area contributed by atoms with E-state index in [2.05, 4.69) is 29.2 Å². The van der Waals surface area contributed by atoms with Gasteiger partial charge in [0.1, 0.15) is 5.75 Å². The third-order valence-electron chi connectivity index (χ3n) is 5.27. The molecule has 1 fully saturated rings. The highest BCUT2D eigenvalue weighted by Crippen LogP contribution is 2.31. The first-order valence-electron chi connectivity index (χ1n) is 9.70. The van der Waals surface area contributed by atoms with Crippen molar-refractivity contribution in [2.75, 3.05) is 0 Å². The van der Waals surface area contributed by atoms with Crippen molar-refractivity contribution in [3.8, 4) is 5.75 Å². The summed E-state index contributed by atoms with van der Waals surface area (Å²) >= 11 is 0. The van der Waals surface area contributed by atoms with Crippen LogP contribution in [0.4, 0.5) is 0 Å². The molecular formula is C21H30N2O2. The second-order valence-corrected chi connectivity index (χ2v) is 7.51. The molecule has 2 aromatic rings. The number of aromatic nitrogens is 2. The monoisotopic (exact) mass is 342 g/mol. The molecule has 1 aromatic heterocycles. The molecule has 0 amide bonds. The van der Waals surface area contributed by atoms with Gasteiger partial charge < -0.3 is 9.26 Å². The molecule has 1 aliphatic rings. The summed E-state index contributed by atoms with van der Waals surface area (Å²) in [5.41, 5.74) is 1.28. The number of hydrogen-bond donors (Lipinski definition) is 0. The maximum atomic E-state index is 5.93. The first-order chi connectivity index (χ1) is 12.2. The summed E-state index contributed by atoms with van der Waals surface area (Å²) in [6.07, 6.45) is 10.9. The van der Waals surface area contributed by atoms with Crippen LogP contribution >= 0.6 is 0 Å². The maximum Gasteiger partial charge on any atom is 0.223 e. The zero-order chi connectivity index (χ0) is 17.5. The Kier molecular flexibility index (Phi) is 6.48. The lowest BCUT2D eigenvalue weighted by Gasteiger charge is -2.24. The van der Waals surface area contributed by atoms with Crippen molar-refractivity contribution >= 4 is 0 Å². The lowest BCUT2D eigenvalue weighted by Crippen LogP contribution is -2.11. The van der Waals surface area contributed by atoms with Crippen LogP contribution in [-0.2, 0) is 13.0 Å². The quantitative estimate of drug-likeness (QED) is 0.636. The van der Waals surface area contributed by atoms with Gasteiger partial charge in [-0.3, -0.25) is 0 Å². The molecule has 4 nitrogen and oxygen atoms in total. The van der Waals surface area contributed by atoms with E-state index in [1.807, 2.05) is 12.1 Å². The topological polar surface area (TPSA) is 48.2 Å². The van der Waals surface area contributed by atoms with Crippen molar-refractivity contribution in [3.05, 3.63) is 41.5 Å². The molecule has 0 aliphatic heterocycles. The Morgan fingerprint density at radius 2 is 2.00 bits per heavy atom. The largest absolute Gasteiger partial charge is 0.485 e. The van der Waals surface area contributed by atoms with E-state index in [9.17, 15) is 0 Å². The summed E-state index contributed by atoms with van der Waals surface area (Å²) in [4.78, 5) is 4.19. The van der Waals surface area contributed by atoms with E-state index < -0.39 is 0 Å². The van der Waals surface area contributed by atoms with E-state index in [1.165, 1.54) is 50.5 Å². The van der Waals surface area contributed by atoms with Gasteiger partial charge >= 0.3 is 0 Å². The Hall–Kier alpha value is -1.84. The smallest absolute Gasteiger partial charge is 0.223 e. The van der Waals surface area contributed by atoms with Gasteiger partial charge in [-0.15, -0.1) is 0 Å². The Labute approximate surface area is 151 Å². The van der Waals surface area contributed by atoms with Gasteiger partial charge in [0.2, 0.25) is 11.7 Å². The van der Waals surface area contributed by atoms with E-state index in [1.54, 1.807) is 6.92 Å². The third kappa shape index (κ3) is 5.58. The molecule has 3 rings (SSSR count). The van der Waals surface area contributed by atoms with Crippen molar-refractivity contribution in [2.45, 2.75) is 71.8 Å². The van der Waals surface area contributed by atoms with E-state index >= 15 is 0 Å². The molecule has 0 radical (unpaired) electrons. The summed E-state index contributed by atoms with van der Waals surface area (Å²) < 4.78 is 10.9. The Bertz CT molecular complexity index is 647. The molecule has 1 aromatic carbocycles. The third-order valence-corrected chi connectivity index (χ3v) is 5.27. The van der Waals surface area contributed by atoms with E-state index in [-0.39, 0.29) is 0 Å². The van der Waals surface area contributed by atoms with Crippen molar-refractivity contribution in [1.82, 2.24) is 10.1 Å². The number of hydrogen-bond acceptors (Lipinski definition) is 4. The zero-order valence-corrected chi connectivity index (χ0v) is 15.5. The highest BCUT2D eigenvalue weighted by molar-refractivity contribution is 5.33. The summed E-state index contributed by atoms with van der Waals surface area (Å²) in [6.45, 7) is 4.55. The summed E-state index contributed by atoms with van der Waals surface area (Å²) in [5, 5.41) is 3.89. The zero-order valence-electron chi connectivity index (χ0n) is 15.5. The van der Waals surface area contributed by atoms with Gasteiger partial charge in [-0.2, -0.15) is 4.98 Å². The van der Waals surface area contributed by atoms with Crippen molar-refractivity contribution < 1.29 is 9.26 Å². The predicted octanol–water partition coefficient (Wildman–Crippen LogP) is 5.50. The normalized spacial score (nSPS) is 16.7. The Morgan fingerprint density at radius 1 is 1.20 bits per heavy atom. The minimum Gasteiger partial charge on any atom is -0.485 e. The molecule has 1 heterocycles. The van der Waals surface area contributed by atoms with E-state index in [4.69, 9.17) is 9.26 Å². The molecule has 0 bridgehead atoms. The lowest BCUT2D eigenvalue weighted by atomic mass is 9.82. The number of rotatable bonds is 8. The van der Waals surface area contributed by atoms with E-state index in [0.717, 1.165) is 24.0 Å². The SMILES string of the molecule is Cc1nc(COc2ccccc2CCC(C)CC2CCCCC2)no1. The van der Waals surface area contributed by atoms with Crippen LogP contribution in [0.15, 0.2) is 28.8 Å². The van der Waals surface area contributed by atoms with E-state index in [0.29, 0.717) is 18.3 Å². The van der Waals surface area contributed by atoms with Gasteiger partial charge in [0.25, 0.3) is 0 Å². The molecule has 1 aliphatic carbocycles. The Morgan fingerprint density at radius 3 is 2.76 bits per heavy atom. The van der Waals surface area contributed by atoms with Gasteiger partial charge in [0.15, 0.2) is 6.61 Å². The minimum absolute atomic E-state index is 0.353. The fourth-order valence-corrected chi connectivity index (χ4v) is 3.91. The molecule has 25 heavy (non-hydrogen) atoms. The van der Waals surface area contributed by atoms with Crippen LogP contribution in [-0.4, -0.2) is 10.1 Å². The fourth-order valence-electron chi connectivity index (χ4n) is 3.91. The molecule has 136 valence electrons. The number of para-hydroxylation sites is 1. The summed E-state index contributed by atoms with van der Waals surface area (Å²) in [6, 6.07) is 8.32. The second kappa shape index (κ2) is 9.02. The molecule has 1 unspecified atom stereocenters. The van der Waals surface area contributed by atoms with Crippen molar-refractivity contribution in [3.63, 3.8) is 0 Å². The predicted molar refractivity (Wildman–Crippen MR) is 98.5 cm³/mol. The number of benzene rings is 1. The number of ether oxygens (including phenoxy) is 1. The molecule has 0 saturated heterocycles.